The number of esters is 1. The fraction of sp³-hybridized carbons (Fsp3) is 0.208. The van der Waals surface area contributed by atoms with Gasteiger partial charge in [-0.3, -0.25) is 9.69 Å². The molecule has 1 aromatic heterocycles. The van der Waals surface area contributed by atoms with Crippen LogP contribution in [0.2, 0.25) is 0 Å². The number of allylic oxidation sites excluding steroid dienone is 1. The van der Waals surface area contributed by atoms with Crippen LogP contribution in [0.25, 0.3) is 0 Å². The number of amides is 1. The number of nitrogens with zero attached hydrogens (tertiary/aromatic N) is 5. The van der Waals surface area contributed by atoms with Crippen LogP contribution in [0.4, 0.5) is 24.8 Å². The van der Waals surface area contributed by atoms with Crippen LogP contribution in [-0.4, -0.2) is 33.3 Å². The minimum Gasteiger partial charge on any atom is -0.466 e. The third-order valence-corrected chi connectivity index (χ3v) is 5.81. The largest absolute Gasteiger partial charge is 0.466 e. The Bertz CT molecular complexity index is 1530. The molecule has 37 heavy (non-hydrogen) atoms. The molecule has 190 valence electrons. The lowest BCUT2D eigenvalue weighted by Gasteiger charge is -2.35. The van der Waals surface area contributed by atoms with E-state index in [4.69, 9.17) is 15.7 Å². The van der Waals surface area contributed by atoms with Crippen LogP contribution in [0.1, 0.15) is 29.7 Å². The fourth-order valence-corrected chi connectivity index (χ4v) is 4.19. The summed E-state index contributed by atoms with van der Waals surface area (Å²) in [6, 6.07) is 11.1. The van der Waals surface area contributed by atoms with Gasteiger partial charge in [0.2, 0.25) is 11.9 Å². The predicted molar refractivity (Wildman–Crippen MR) is 123 cm³/mol. The van der Waals surface area contributed by atoms with E-state index < -0.39 is 41.9 Å². The number of carbonyl (C=O) groups excluding carboxylic acids is 2. The molecule has 2 aromatic carbocycles. The number of hydrogen-bond donors (Lipinski definition) is 1. The number of methoxy groups -OCH3 is 1. The van der Waals surface area contributed by atoms with Crippen molar-refractivity contribution in [2.75, 3.05) is 12.0 Å². The van der Waals surface area contributed by atoms with E-state index in [1.54, 1.807) is 0 Å². The number of ether oxygens (including phenoxy) is 1. The second-order valence-corrected chi connectivity index (χ2v) is 8.09. The summed E-state index contributed by atoms with van der Waals surface area (Å²) in [6.45, 7) is 0.867. The van der Waals surface area contributed by atoms with E-state index in [0.717, 1.165) is 28.5 Å². The lowest BCUT2D eigenvalue weighted by Crippen LogP contribution is -2.39. The van der Waals surface area contributed by atoms with Gasteiger partial charge in [0.05, 0.1) is 29.9 Å². The Kier molecular flexibility index (Phi) is 6.35. The number of fused-ring (bicyclic) bond motifs is 1. The van der Waals surface area contributed by atoms with Crippen LogP contribution in [0.5, 0.6) is 0 Å². The third-order valence-electron chi connectivity index (χ3n) is 5.81. The molecule has 13 heteroatoms. The number of alkyl halides is 3. The molecule has 10 nitrogen and oxygen atoms in total. The summed E-state index contributed by atoms with van der Waals surface area (Å²) < 4.78 is 47.3. The van der Waals surface area contributed by atoms with Crippen LogP contribution in [0, 0.1) is 11.3 Å². The van der Waals surface area contributed by atoms with Gasteiger partial charge in [-0.05, 0) is 42.8 Å². The van der Waals surface area contributed by atoms with Gasteiger partial charge in [-0.25, -0.2) is 18.8 Å². The van der Waals surface area contributed by atoms with Crippen LogP contribution < -0.4 is 16.3 Å². The van der Waals surface area contributed by atoms with E-state index >= 15 is 0 Å². The van der Waals surface area contributed by atoms with E-state index in [-0.39, 0.29) is 22.9 Å². The molecule has 0 fully saturated rings. The number of rotatable bonds is 5. The molecule has 1 atom stereocenters. The summed E-state index contributed by atoms with van der Waals surface area (Å²) in [5, 5.41) is 13.3. The number of aromatic nitrogens is 3. The number of benzene rings is 2. The molecular formula is C24H19F3N6O4. The third kappa shape index (κ3) is 4.44. The van der Waals surface area contributed by atoms with Gasteiger partial charge in [0.25, 0.3) is 0 Å². The van der Waals surface area contributed by atoms with Gasteiger partial charge in [-0.2, -0.15) is 18.4 Å². The predicted octanol–water partition coefficient (Wildman–Crippen LogP) is 2.61. The fourth-order valence-electron chi connectivity index (χ4n) is 4.19. The summed E-state index contributed by atoms with van der Waals surface area (Å²) in [6.07, 6.45) is -4.66. The molecule has 0 spiro atoms. The smallest absolute Gasteiger partial charge is 0.416 e. The van der Waals surface area contributed by atoms with Crippen molar-refractivity contribution >= 4 is 23.5 Å². The highest BCUT2D eigenvalue weighted by molar-refractivity contribution is 5.93. The van der Waals surface area contributed by atoms with E-state index in [2.05, 4.69) is 5.10 Å². The molecule has 0 saturated carbocycles. The molecule has 4 rings (SSSR count). The summed E-state index contributed by atoms with van der Waals surface area (Å²) in [7, 11) is 1.13. The zero-order chi connectivity index (χ0) is 27.1. The second-order valence-electron chi connectivity index (χ2n) is 8.09. The van der Waals surface area contributed by atoms with Crippen LogP contribution in [0.15, 0.2) is 64.6 Å². The van der Waals surface area contributed by atoms with Crippen molar-refractivity contribution in [3.05, 3.63) is 87.0 Å². The SMILES string of the molecule is COC(=O)C1=C(C)N(c2cccc(C(F)(F)F)c2)c2nn(CC(N)=O)c(=O)n2C1c1ccc(C#N)cc1. The van der Waals surface area contributed by atoms with E-state index in [1.807, 2.05) is 6.07 Å². The summed E-state index contributed by atoms with van der Waals surface area (Å²) in [4.78, 5) is 39.3. The van der Waals surface area contributed by atoms with E-state index in [9.17, 15) is 27.6 Å². The number of carbonyl (C=O) groups is 2. The van der Waals surface area contributed by atoms with Crippen LogP contribution >= 0.6 is 0 Å². The van der Waals surface area contributed by atoms with E-state index in [0.29, 0.717) is 11.1 Å². The van der Waals surface area contributed by atoms with Crippen LogP contribution in [0.3, 0.4) is 0 Å². The van der Waals surface area contributed by atoms with Crippen molar-refractivity contribution < 1.29 is 27.5 Å². The highest BCUT2D eigenvalue weighted by Gasteiger charge is 2.41. The highest BCUT2D eigenvalue weighted by atomic mass is 19.4. The van der Waals surface area contributed by atoms with Gasteiger partial charge >= 0.3 is 17.8 Å². The first-order valence-electron chi connectivity index (χ1n) is 10.7. The van der Waals surface area contributed by atoms with Crippen molar-refractivity contribution in [2.45, 2.75) is 25.7 Å². The first-order chi connectivity index (χ1) is 17.5. The van der Waals surface area contributed by atoms with Gasteiger partial charge in [-0.15, -0.1) is 5.10 Å². The number of primary amides is 1. The molecule has 1 aliphatic rings. The molecule has 0 saturated heterocycles. The summed E-state index contributed by atoms with van der Waals surface area (Å²) in [5.41, 5.74) is 4.23. The number of anilines is 2. The molecule has 2 N–H and O–H groups in total. The number of hydrogen-bond acceptors (Lipinski definition) is 7. The van der Waals surface area contributed by atoms with Crippen molar-refractivity contribution in [1.82, 2.24) is 14.3 Å². The number of nitriles is 1. The molecule has 0 radical (unpaired) electrons. The zero-order valence-corrected chi connectivity index (χ0v) is 19.5. The monoisotopic (exact) mass is 512 g/mol. The molecule has 2 heterocycles. The average Bonchev–Trinajstić information content (AvgIpc) is 3.17. The molecule has 1 unspecified atom stereocenters. The lowest BCUT2D eigenvalue weighted by atomic mass is 9.93. The average molecular weight is 512 g/mol. The van der Waals surface area contributed by atoms with Crippen molar-refractivity contribution in [2.24, 2.45) is 5.73 Å². The maximum Gasteiger partial charge on any atom is 0.416 e. The van der Waals surface area contributed by atoms with Crippen molar-refractivity contribution in [3.63, 3.8) is 0 Å². The zero-order valence-electron chi connectivity index (χ0n) is 19.5. The van der Waals surface area contributed by atoms with Gasteiger partial charge < -0.3 is 10.5 Å². The lowest BCUT2D eigenvalue weighted by molar-refractivity contribution is -0.138. The minimum atomic E-state index is -4.66. The molecule has 3 aromatic rings. The Morgan fingerprint density at radius 1 is 1.19 bits per heavy atom. The maximum atomic E-state index is 13.5. The van der Waals surface area contributed by atoms with Gasteiger partial charge in [0, 0.05) is 11.4 Å². The number of halogens is 3. The van der Waals surface area contributed by atoms with Gasteiger partial charge in [-0.1, -0.05) is 18.2 Å². The molecule has 1 amide bonds. The Balaban J connectivity index is 2.06. The molecule has 0 bridgehead atoms. The van der Waals surface area contributed by atoms with Crippen LogP contribution in [-0.2, 0) is 27.0 Å². The minimum absolute atomic E-state index is 0.0375. The summed E-state index contributed by atoms with van der Waals surface area (Å²) >= 11 is 0. The number of nitrogens with two attached hydrogens (primary N) is 1. The first-order valence-corrected chi connectivity index (χ1v) is 10.7. The topological polar surface area (TPSA) is 136 Å². The highest BCUT2D eigenvalue weighted by Crippen LogP contribution is 2.43. The standard InChI is InChI=1S/C24H19F3N6O4/c1-13-19(21(35)37-2)20(15-8-6-14(11-28)7-9-15)33-22(30-31(23(33)36)12-18(29)34)32(13)17-5-3-4-16(10-17)24(25,26)27/h3-10,20H,12H2,1-2H3,(H2,29,34). The Morgan fingerprint density at radius 3 is 2.43 bits per heavy atom. The Morgan fingerprint density at radius 2 is 1.86 bits per heavy atom. The van der Waals surface area contributed by atoms with Crippen molar-refractivity contribution in [3.8, 4) is 6.07 Å². The van der Waals surface area contributed by atoms with Crippen molar-refractivity contribution in [1.29, 1.82) is 5.26 Å². The molecule has 0 aliphatic carbocycles. The molecular weight excluding hydrogens is 493 g/mol. The summed E-state index contributed by atoms with van der Waals surface area (Å²) in [5.74, 6) is -1.87. The van der Waals surface area contributed by atoms with E-state index in [1.165, 1.54) is 48.2 Å². The second kappa shape index (κ2) is 9.30. The maximum absolute atomic E-state index is 13.5. The molecule has 1 aliphatic heterocycles. The van der Waals surface area contributed by atoms with Gasteiger partial charge in [0.15, 0.2) is 0 Å². The normalized spacial score (nSPS) is 15.2. The quantitative estimate of drug-likeness (QED) is 0.519. The Labute approximate surface area is 207 Å². The first kappa shape index (κ1) is 25.2. The van der Waals surface area contributed by atoms with Gasteiger partial charge in [0.1, 0.15) is 12.6 Å². The Hall–Kier alpha value is -4.86.